The summed E-state index contributed by atoms with van der Waals surface area (Å²) in [4.78, 5) is 36.0. The molecule has 1 aromatic carbocycles. The van der Waals surface area contributed by atoms with Gasteiger partial charge in [-0.2, -0.15) is 0 Å². The van der Waals surface area contributed by atoms with E-state index in [0.29, 0.717) is 19.4 Å². The highest BCUT2D eigenvalue weighted by atomic mass is 16.2. The molecule has 0 radical (unpaired) electrons. The highest BCUT2D eigenvalue weighted by molar-refractivity contribution is 5.95. The summed E-state index contributed by atoms with van der Waals surface area (Å²) in [6, 6.07) is 12.1. The third-order valence-electron chi connectivity index (χ3n) is 6.35. The molecule has 1 atom stereocenters. The van der Waals surface area contributed by atoms with Crippen LogP contribution in [0.2, 0.25) is 0 Å². The molecule has 2 aromatic heterocycles. The number of nitrogens with zero attached hydrogens (tertiary/aromatic N) is 6. The molecule has 0 aliphatic carbocycles. The van der Waals surface area contributed by atoms with Crippen LogP contribution in [0.15, 0.2) is 36.4 Å². The van der Waals surface area contributed by atoms with Gasteiger partial charge in [-0.1, -0.05) is 30.3 Å². The molecule has 32 heavy (non-hydrogen) atoms. The number of anilines is 2. The normalized spacial score (nSPS) is 18.2. The van der Waals surface area contributed by atoms with E-state index in [4.69, 9.17) is 9.97 Å². The lowest BCUT2D eigenvalue weighted by Gasteiger charge is -2.30. The van der Waals surface area contributed by atoms with E-state index >= 15 is 0 Å². The summed E-state index contributed by atoms with van der Waals surface area (Å²) >= 11 is 0. The molecule has 0 N–H and O–H groups in total. The maximum absolute atomic E-state index is 12.8. The molecule has 4 heterocycles. The number of hydrogen-bond donors (Lipinski definition) is 0. The zero-order chi connectivity index (χ0) is 22.2. The number of benzene rings is 1. The van der Waals surface area contributed by atoms with Gasteiger partial charge < -0.3 is 4.90 Å². The fourth-order valence-electron chi connectivity index (χ4n) is 4.72. The lowest BCUT2D eigenvalue weighted by molar-refractivity contribution is -0.119. The molecule has 7 nitrogen and oxygen atoms in total. The number of carbonyl (C=O) groups excluding carboxylic acids is 1. The summed E-state index contributed by atoms with van der Waals surface area (Å²) in [7, 11) is 0. The maximum atomic E-state index is 12.8. The predicted molar refractivity (Wildman–Crippen MR) is 124 cm³/mol. The standard InChI is InChI=1S/C25H28N6O/c1-16-13-17(2)27-25(26-16)30-12-11-20(15-30)23-28-18(3)21-9-10-22(32)31(24(21)29-23)14-19-7-5-4-6-8-19/h4-8,13,20H,9-12,14-15H2,1-3H3/t20-/m1/s1. The van der Waals surface area contributed by atoms with E-state index < -0.39 is 0 Å². The average Bonchev–Trinajstić information content (AvgIpc) is 3.26. The number of carbonyl (C=O) groups is 1. The van der Waals surface area contributed by atoms with Crippen molar-refractivity contribution in [2.45, 2.75) is 52.5 Å². The first-order chi connectivity index (χ1) is 15.5. The summed E-state index contributed by atoms with van der Waals surface area (Å²) in [5.41, 5.74) is 5.14. The molecule has 1 amide bonds. The molecule has 0 spiro atoms. The van der Waals surface area contributed by atoms with Gasteiger partial charge in [0.2, 0.25) is 11.9 Å². The number of aryl methyl sites for hydroxylation is 3. The summed E-state index contributed by atoms with van der Waals surface area (Å²) in [6.07, 6.45) is 2.16. The average molecular weight is 429 g/mol. The molecular formula is C25H28N6O. The van der Waals surface area contributed by atoms with Crippen molar-refractivity contribution >= 4 is 17.7 Å². The van der Waals surface area contributed by atoms with Crippen molar-refractivity contribution in [1.29, 1.82) is 0 Å². The van der Waals surface area contributed by atoms with Crippen LogP contribution in [0.5, 0.6) is 0 Å². The molecule has 0 unspecified atom stereocenters. The fourth-order valence-corrected chi connectivity index (χ4v) is 4.72. The Morgan fingerprint density at radius 1 is 0.969 bits per heavy atom. The molecule has 7 heteroatoms. The van der Waals surface area contributed by atoms with E-state index in [1.807, 2.05) is 49.9 Å². The summed E-state index contributed by atoms with van der Waals surface area (Å²) in [6.45, 7) is 8.24. The van der Waals surface area contributed by atoms with Gasteiger partial charge >= 0.3 is 0 Å². The second-order valence-electron chi connectivity index (χ2n) is 8.82. The smallest absolute Gasteiger partial charge is 0.228 e. The van der Waals surface area contributed by atoms with Gasteiger partial charge in [0.1, 0.15) is 11.6 Å². The van der Waals surface area contributed by atoms with E-state index in [0.717, 1.165) is 65.3 Å². The van der Waals surface area contributed by atoms with Crippen molar-refractivity contribution in [1.82, 2.24) is 19.9 Å². The topological polar surface area (TPSA) is 75.1 Å². The molecule has 5 rings (SSSR count). The van der Waals surface area contributed by atoms with Gasteiger partial charge in [0.05, 0.1) is 6.54 Å². The predicted octanol–water partition coefficient (Wildman–Crippen LogP) is 3.67. The van der Waals surface area contributed by atoms with Gasteiger partial charge in [0.15, 0.2) is 0 Å². The first kappa shape index (κ1) is 20.5. The lowest BCUT2D eigenvalue weighted by atomic mass is 10.0. The second-order valence-corrected chi connectivity index (χ2v) is 8.82. The Hall–Kier alpha value is -3.35. The highest BCUT2D eigenvalue weighted by Crippen LogP contribution is 2.33. The van der Waals surface area contributed by atoms with Gasteiger partial charge in [-0.15, -0.1) is 0 Å². The maximum Gasteiger partial charge on any atom is 0.228 e. The molecule has 3 aromatic rings. The van der Waals surface area contributed by atoms with Gasteiger partial charge in [-0.25, -0.2) is 19.9 Å². The third kappa shape index (κ3) is 3.95. The van der Waals surface area contributed by atoms with Crippen molar-refractivity contribution in [2.24, 2.45) is 0 Å². The molecule has 2 aliphatic heterocycles. The lowest BCUT2D eigenvalue weighted by Crippen LogP contribution is -2.36. The van der Waals surface area contributed by atoms with Crippen LogP contribution >= 0.6 is 0 Å². The fraction of sp³-hybridized carbons (Fsp3) is 0.400. The van der Waals surface area contributed by atoms with Crippen LogP contribution < -0.4 is 9.80 Å². The highest BCUT2D eigenvalue weighted by Gasteiger charge is 2.32. The number of rotatable bonds is 4. The van der Waals surface area contributed by atoms with Crippen molar-refractivity contribution in [2.75, 3.05) is 22.9 Å². The number of fused-ring (bicyclic) bond motifs is 1. The minimum atomic E-state index is 0.127. The van der Waals surface area contributed by atoms with Crippen LogP contribution in [0.3, 0.4) is 0 Å². The number of amides is 1. The van der Waals surface area contributed by atoms with Crippen molar-refractivity contribution in [3.8, 4) is 0 Å². The molecule has 1 fully saturated rings. The Morgan fingerprint density at radius 3 is 2.47 bits per heavy atom. The van der Waals surface area contributed by atoms with Crippen LogP contribution in [0.1, 0.15) is 52.8 Å². The van der Waals surface area contributed by atoms with Crippen LogP contribution in [-0.4, -0.2) is 38.9 Å². The zero-order valence-electron chi connectivity index (χ0n) is 18.9. The Morgan fingerprint density at radius 2 is 1.72 bits per heavy atom. The first-order valence-electron chi connectivity index (χ1n) is 11.3. The molecule has 164 valence electrons. The third-order valence-corrected chi connectivity index (χ3v) is 6.35. The molecule has 0 saturated carbocycles. The van der Waals surface area contributed by atoms with Crippen LogP contribution in [0.25, 0.3) is 0 Å². The van der Waals surface area contributed by atoms with Gasteiger partial charge in [-0.3, -0.25) is 9.69 Å². The largest absolute Gasteiger partial charge is 0.340 e. The van der Waals surface area contributed by atoms with E-state index in [1.165, 1.54) is 0 Å². The Balaban J connectivity index is 1.44. The number of hydrogen-bond acceptors (Lipinski definition) is 6. The second kappa shape index (κ2) is 8.30. The number of aromatic nitrogens is 4. The zero-order valence-corrected chi connectivity index (χ0v) is 18.9. The van der Waals surface area contributed by atoms with Crippen molar-refractivity contribution in [3.05, 3.63) is 70.4 Å². The minimum Gasteiger partial charge on any atom is -0.340 e. The van der Waals surface area contributed by atoms with Crippen molar-refractivity contribution in [3.63, 3.8) is 0 Å². The van der Waals surface area contributed by atoms with Crippen LogP contribution in [-0.2, 0) is 17.8 Å². The molecule has 0 bridgehead atoms. The minimum absolute atomic E-state index is 0.127. The van der Waals surface area contributed by atoms with Crippen LogP contribution in [0.4, 0.5) is 11.8 Å². The van der Waals surface area contributed by atoms with E-state index in [9.17, 15) is 4.79 Å². The molecule has 2 aliphatic rings. The molecular weight excluding hydrogens is 400 g/mol. The summed E-state index contributed by atoms with van der Waals surface area (Å²) in [5.74, 6) is 2.70. The van der Waals surface area contributed by atoms with E-state index in [1.54, 1.807) is 0 Å². The summed E-state index contributed by atoms with van der Waals surface area (Å²) in [5, 5.41) is 0. The monoisotopic (exact) mass is 428 g/mol. The van der Waals surface area contributed by atoms with Crippen molar-refractivity contribution < 1.29 is 4.79 Å². The SMILES string of the molecule is Cc1cc(C)nc(N2CC[C@@H](c3nc(C)c4c(n3)N(Cc3ccccc3)C(=O)CC4)C2)n1. The first-order valence-corrected chi connectivity index (χ1v) is 11.3. The summed E-state index contributed by atoms with van der Waals surface area (Å²) < 4.78 is 0. The van der Waals surface area contributed by atoms with Crippen LogP contribution in [0, 0.1) is 20.8 Å². The Labute approximate surface area is 188 Å². The Kier molecular flexibility index (Phi) is 5.33. The van der Waals surface area contributed by atoms with Gasteiger partial charge in [0.25, 0.3) is 0 Å². The Bertz CT molecular complexity index is 1140. The van der Waals surface area contributed by atoms with Gasteiger partial charge in [0, 0.05) is 48.1 Å². The quantitative estimate of drug-likeness (QED) is 0.631. The van der Waals surface area contributed by atoms with E-state index in [2.05, 4.69) is 27.0 Å². The van der Waals surface area contributed by atoms with Gasteiger partial charge in [-0.05, 0) is 45.2 Å². The molecule has 1 saturated heterocycles. The van der Waals surface area contributed by atoms with E-state index in [-0.39, 0.29) is 11.8 Å².